The number of anilines is 1. The van der Waals surface area contributed by atoms with E-state index in [9.17, 15) is 13.2 Å². The van der Waals surface area contributed by atoms with Crippen molar-refractivity contribution in [2.75, 3.05) is 18.0 Å². The highest BCUT2D eigenvalue weighted by Crippen LogP contribution is 2.28. The highest BCUT2D eigenvalue weighted by atomic mass is 32.2. The van der Waals surface area contributed by atoms with Gasteiger partial charge in [0.1, 0.15) is 11.5 Å². The Morgan fingerprint density at radius 1 is 0.846 bits per heavy atom. The van der Waals surface area contributed by atoms with Crippen LogP contribution < -0.4 is 19.1 Å². The molecule has 1 atom stereocenters. The van der Waals surface area contributed by atoms with Crippen molar-refractivity contribution in [1.82, 2.24) is 5.32 Å². The van der Waals surface area contributed by atoms with Crippen LogP contribution in [0.4, 0.5) is 5.69 Å². The molecule has 0 saturated carbocycles. The molecule has 0 heterocycles. The number of sulfonamides is 1. The summed E-state index contributed by atoms with van der Waals surface area (Å²) in [5, 5.41) is 2.91. The van der Waals surface area contributed by atoms with Gasteiger partial charge in [0.2, 0.25) is 0 Å². The Bertz CT molecular complexity index is 1470. The van der Waals surface area contributed by atoms with Gasteiger partial charge in [0.25, 0.3) is 15.9 Å². The van der Waals surface area contributed by atoms with E-state index in [4.69, 9.17) is 9.47 Å². The summed E-state index contributed by atoms with van der Waals surface area (Å²) in [6.07, 6.45) is 0. The molecule has 39 heavy (non-hydrogen) atoms. The number of nitrogens with one attached hydrogen (secondary N) is 1. The third-order valence-corrected chi connectivity index (χ3v) is 8.05. The van der Waals surface area contributed by atoms with E-state index in [-0.39, 0.29) is 30.0 Å². The lowest BCUT2D eigenvalue weighted by atomic mass is 10.1. The number of carbonyl (C=O) groups excluding carboxylic acids is 1. The average molecular weight is 545 g/mol. The zero-order valence-corrected chi connectivity index (χ0v) is 23.0. The fraction of sp³-hybridized carbons (Fsp3) is 0.194. The second-order valence-electron chi connectivity index (χ2n) is 9.16. The maximum Gasteiger partial charge on any atom is 0.264 e. The third kappa shape index (κ3) is 7.18. The van der Waals surface area contributed by atoms with E-state index in [1.807, 2.05) is 68.4 Å². The highest BCUT2D eigenvalue weighted by Gasteiger charge is 2.25. The largest absolute Gasteiger partial charge is 0.497 e. The molecule has 7 nitrogen and oxygen atoms in total. The fourth-order valence-electron chi connectivity index (χ4n) is 4.02. The van der Waals surface area contributed by atoms with E-state index in [0.717, 1.165) is 22.4 Å². The number of methoxy groups -OCH3 is 1. The predicted octanol–water partition coefficient (Wildman–Crippen LogP) is 5.66. The topological polar surface area (TPSA) is 84.9 Å². The number of nitrogens with zero attached hydrogens (tertiary/aromatic N) is 1. The van der Waals surface area contributed by atoms with E-state index in [0.29, 0.717) is 11.4 Å². The number of amides is 1. The summed E-state index contributed by atoms with van der Waals surface area (Å²) in [7, 11) is -2.23. The Kier molecular flexibility index (Phi) is 8.88. The summed E-state index contributed by atoms with van der Waals surface area (Å²) in [6, 6.07) is 30.2. The van der Waals surface area contributed by atoms with E-state index in [1.165, 1.54) is 4.31 Å². The van der Waals surface area contributed by atoms with Crippen LogP contribution in [-0.2, 0) is 21.4 Å². The molecule has 0 fully saturated rings. The van der Waals surface area contributed by atoms with Gasteiger partial charge in [-0.25, -0.2) is 8.42 Å². The number of carbonyl (C=O) groups is 1. The summed E-state index contributed by atoms with van der Waals surface area (Å²) in [6.45, 7) is 3.80. The van der Waals surface area contributed by atoms with Crippen LogP contribution in [0.1, 0.15) is 29.7 Å². The van der Waals surface area contributed by atoms with Crippen LogP contribution in [0.5, 0.6) is 11.5 Å². The summed E-state index contributed by atoms with van der Waals surface area (Å²) in [4.78, 5) is 12.7. The molecule has 4 aromatic rings. The molecule has 4 aromatic carbocycles. The number of benzene rings is 4. The fourth-order valence-corrected chi connectivity index (χ4v) is 5.47. The predicted molar refractivity (Wildman–Crippen MR) is 152 cm³/mol. The molecule has 0 aromatic heterocycles. The number of ether oxygens (including phenoxy) is 2. The van der Waals surface area contributed by atoms with Crippen LogP contribution in [0.3, 0.4) is 0 Å². The molecule has 0 aliphatic carbocycles. The minimum Gasteiger partial charge on any atom is -0.497 e. The van der Waals surface area contributed by atoms with Crippen molar-refractivity contribution in [3.05, 3.63) is 120 Å². The molecular formula is C31H32N2O5S. The zero-order chi connectivity index (χ0) is 27.8. The highest BCUT2D eigenvalue weighted by molar-refractivity contribution is 7.92. The van der Waals surface area contributed by atoms with Gasteiger partial charge in [-0.3, -0.25) is 9.10 Å². The molecule has 0 aliphatic heterocycles. The molecule has 1 amide bonds. The third-order valence-electron chi connectivity index (χ3n) is 6.27. The first kappa shape index (κ1) is 27.7. The second-order valence-corrected chi connectivity index (χ2v) is 11.0. The Hall–Kier alpha value is -4.30. The molecule has 202 valence electrons. The van der Waals surface area contributed by atoms with Gasteiger partial charge in [0.15, 0.2) is 6.61 Å². The lowest BCUT2D eigenvalue weighted by Crippen LogP contribution is -2.31. The standard InChI is InChI=1S/C31H32N2O5S/c1-23-9-19-30(20-10-23)39(35,36)33(21-25-7-5-4-6-8-25)27-13-17-29(18-14-27)38-22-31(34)32-24(2)26-11-15-28(37-3)16-12-26/h4-20,24H,21-22H2,1-3H3,(H,32,34)/t24-/m0/s1. The normalized spacial score (nSPS) is 11.9. The molecule has 0 radical (unpaired) electrons. The summed E-state index contributed by atoms with van der Waals surface area (Å²) >= 11 is 0. The number of hydrogen-bond acceptors (Lipinski definition) is 5. The van der Waals surface area contributed by atoms with Crippen molar-refractivity contribution in [3.63, 3.8) is 0 Å². The van der Waals surface area contributed by atoms with Crippen molar-refractivity contribution in [3.8, 4) is 11.5 Å². The molecular weight excluding hydrogens is 512 g/mol. The molecule has 0 saturated heterocycles. The van der Waals surface area contributed by atoms with Crippen LogP contribution in [-0.4, -0.2) is 28.0 Å². The maximum absolute atomic E-state index is 13.6. The van der Waals surface area contributed by atoms with Crippen molar-refractivity contribution < 1.29 is 22.7 Å². The van der Waals surface area contributed by atoms with Crippen molar-refractivity contribution in [2.24, 2.45) is 0 Å². The van der Waals surface area contributed by atoms with Crippen molar-refractivity contribution in [2.45, 2.75) is 31.3 Å². The van der Waals surface area contributed by atoms with Gasteiger partial charge in [0, 0.05) is 0 Å². The van der Waals surface area contributed by atoms with Crippen LogP contribution in [0, 0.1) is 6.92 Å². The lowest BCUT2D eigenvalue weighted by Gasteiger charge is -2.25. The molecule has 0 bridgehead atoms. The van der Waals surface area contributed by atoms with E-state index in [1.54, 1.807) is 55.6 Å². The van der Waals surface area contributed by atoms with Gasteiger partial charge in [0.05, 0.1) is 30.3 Å². The van der Waals surface area contributed by atoms with Crippen LogP contribution >= 0.6 is 0 Å². The van der Waals surface area contributed by atoms with E-state index >= 15 is 0 Å². The van der Waals surface area contributed by atoms with Crippen molar-refractivity contribution in [1.29, 1.82) is 0 Å². The molecule has 1 N–H and O–H groups in total. The summed E-state index contributed by atoms with van der Waals surface area (Å²) < 4.78 is 39.5. The van der Waals surface area contributed by atoms with Gasteiger partial charge in [-0.15, -0.1) is 0 Å². The van der Waals surface area contributed by atoms with E-state index < -0.39 is 10.0 Å². The second kappa shape index (κ2) is 12.5. The lowest BCUT2D eigenvalue weighted by molar-refractivity contribution is -0.123. The van der Waals surface area contributed by atoms with E-state index in [2.05, 4.69) is 5.32 Å². The molecule has 4 rings (SSSR count). The Balaban J connectivity index is 1.45. The SMILES string of the molecule is COc1ccc([C@H](C)NC(=O)COc2ccc(N(Cc3ccccc3)S(=O)(=O)c3ccc(C)cc3)cc2)cc1. The number of rotatable bonds is 11. The average Bonchev–Trinajstić information content (AvgIpc) is 2.96. The molecule has 0 spiro atoms. The smallest absolute Gasteiger partial charge is 0.264 e. The van der Waals surface area contributed by atoms with Gasteiger partial charge < -0.3 is 14.8 Å². The van der Waals surface area contributed by atoms with Crippen molar-refractivity contribution >= 4 is 21.6 Å². The Morgan fingerprint density at radius 2 is 1.46 bits per heavy atom. The van der Waals surface area contributed by atoms with Gasteiger partial charge in [-0.2, -0.15) is 0 Å². The minimum absolute atomic E-state index is 0.170. The van der Waals surface area contributed by atoms with Gasteiger partial charge >= 0.3 is 0 Å². The summed E-state index contributed by atoms with van der Waals surface area (Å²) in [5.41, 5.74) is 3.27. The number of aryl methyl sites for hydroxylation is 1. The quantitative estimate of drug-likeness (QED) is 0.264. The molecule has 0 aliphatic rings. The number of hydrogen-bond donors (Lipinski definition) is 1. The first-order valence-corrected chi connectivity index (χ1v) is 14.0. The summed E-state index contributed by atoms with van der Waals surface area (Å²) in [5.74, 6) is 0.937. The maximum atomic E-state index is 13.6. The Morgan fingerprint density at radius 3 is 2.08 bits per heavy atom. The first-order valence-electron chi connectivity index (χ1n) is 12.6. The molecule has 0 unspecified atom stereocenters. The van der Waals surface area contributed by atoms with Crippen LogP contribution in [0.15, 0.2) is 108 Å². The Labute approximate surface area is 230 Å². The van der Waals surface area contributed by atoms with Crippen LogP contribution in [0.2, 0.25) is 0 Å². The first-order chi connectivity index (χ1) is 18.8. The minimum atomic E-state index is -3.83. The molecule has 8 heteroatoms. The van der Waals surface area contributed by atoms with Gasteiger partial charge in [-0.05, 0) is 73.5 Å². The van der Waals surface area contributed by atoms with Gasteiger partial charge in [-0.1, -0.05) is 60.2 Å². The zero-order valence-electron chi connectivity index (χ0n) is 22.2. The monoisotopic (exact) mass is 544 g/mol. The van der Waals surface area contributed by atoms with Crippen LogP contribution in [0.25, 0.3) is 0 Å².